The van der Waals surface area contributed by atoms with Gasteiger partial charge < -0.3 is 9.52 Å². The van der Waals surface area contributed by atoms with Gasteiger partial charge in [-0.2, -0.15) is 5.10 Å². The van der Waals surface area contributed by atoms with Crippen molar-refractivity contribution in [3.8, 4) is 17.1 Å². The topological polar surface area (TPSA) is 68.3 Å². The monoisotopic (exact) mass is 366 g/mol. The Balaban J connectivity index is 2.12. The van der Waals surface area contributed by atoms with Gasteiger partial charge in [-0.3, -0.25) is 0 Å². The molecule has 2 heterocycles. The van der Waals surface area contributed by atoms with Gasteiger partial charge in [-0.05, 0) is 52.3 Å². The Morgan fingerprint density at radius 1 is 1.24 bits per heavy atom. The molecule has 3 rings (SSSR count). The Labute approximate surface area is 132 Å². The first-order chi connectivity index (χ1) is 10.0. The van der Waals surface area contributed by atoms with Gasteiger partial charge in [0.05, 0.1) is 5.69 Å². The zero-order chi connectivity index (χ0) is 15.0. The number of carboxylic acid groups (broad SMARTS) is 1. The van der Waals surface area contributed by atoms with Gasteiger partial charge in [0.1, 0.15) is 11.3 Å². The number of aromatic carboxylic acids is 1. The predicted octanol–water partition coefficient (Wildman–Crippen LogP) is 4.25. The van der Waals surface area contributed by atoms with Crippen LogP contribution in [0.4, 0.5) is 0 Å². The third-order valence-corrected chi connectivity index (χ3v) is 3.52. The predicted molar refractivity (Wildman–Crippen MR) is 80.9 cm³/mol. The van der Waals surface area contributed by atoms with Gasteiger partial charge in [0.25, 0.3) is 0 Å². The number of hydrogen-bond donors (Lipinski definition) is 1. The van der Waals surface area contributed by atoms with Gasteiger partial charge in [-0.25, -0.2) is 9.48 Å². The summed E-state index contributed by atoms with van der Waals surface area (Å²) in [5.74, 6) is -0.690. The molecule has 0 aliphatic heterocycles. The lowest BCUT2D eigenvalue weighted by atomic mass is 10.2. The van der Waals surface area contributed by atoms with Gasteiger partial charge in [0, 0.05) is 11.2 Å². The molecular formula is C14H8BrClN2O3. The fraction of sp³-hybridized carbons (Fsp3) is 0. The summed E-state index contributed by atoms with van der Waals surface area (Å²) in [7, 11) is 0. The molecular weight excluding hydrogens is 360 g/mol. The van der Waals surface area contributed by atoms with E-state index in [1.807, 2.05) is 0 Å². The second kappa shape index (κ2) is 5.38. The molecule has 1 N–H and O–H groups in total. The van der Waals surface area contributed by atoms with Gasteiger partial charge >= 0.3 is 5.97 Å². The van der Waals surface area contributed by atoms with Crippen molar-refractivity contribution in [2.24, 2.45) is 0 Å². The molecule has 0 spiro atoms. The van der Waals surface area contributed by atoms with E-state index in [2.05, 4.69) is 21.0 Å². The lowest BCUT2D eigenvalue weighted by Crippen LogP contribution is -1.96. The molecule has 2 aromatic heterocycles. The number of furan rings is 1. The van der Waals surface area contributed by atoms with Crippen LogP contribution in [-0.4, -0.2) is 20.9 Å². The average molecular weight is 368 g/mol. The van der Waals surface area contributed by atoms with Crippen LogP contribution in [0.3, 0.4) is 0 Å². The van der Waals surface area contributed by atoms with Crippen LogP contribution >= 0.6 is 27.5 Å². The zero-order valence-corrected chi connectivity index (χ0v) is 12.8. The summed E-state index contributed by atoms with van der Waals surface area (Å²) in [6.07, 6.45) is 1.44. The minimum Gasteiger partial charge on any atom is -0.478 e. The largest absolute Gasteiger partial charge is 0.478 e. The molecule has 0 aliphatic rings. The summed E-state index contributed by atoms with van der Waals surface area (Å²) >= 11 is 9.03. The second-order valence-corrected chi connectivity index (χ2v) is 5.44. The number of rotatable bonds is 3. The minimum atomic E-state index is -1.07. The van der Waals surface area contributed by atoms with E-state index < -0.39 is 5.97 Å². The molecule has 7 heteroatoms. The SMILES string of the molecule is O=C(O)c1cn(-c2ccc(Cl)cc2)nc1-c1ccc(Br)o1. The van der Waals surface area contributed by atoms with Crippen LogP contribution in [0, 0.1) is 0 Å². The summed E-state index contributed by atoms with van der Waals surface area (Å²) in [5, 5.41) is 14.2. The van der Waals surface area contributed by atoms with Gasteiger partial charge in [0.2, 0.25) is 0 Å². The lowest BCUT2D eigenvalue weighted by Gasteiger charge is -2.00. The highest BCUT2D eigenvalue weighted by Crippen LogP contribution is 2.28. The molecule has 0 atom stereocenters. The molecule has 21 heavy (non-hydrogen) atoms. The number of aromatic nitrogens is 2. The maximum absolute atomic E-state index is 11.4. The Bertz CT molecular complexity index is 808. The Morgan fingerprint density at radius 3 is 2.52 bits per heavy atom. The molecule has 0 saturated carbocycles. The highest BCUT2D eigenvalue weighted by Gasteiger charge is 2.20. The highest BCUT2D eigenvalue weighted by atomic mass is 79.9. The molecule has 0 amide bonds. The fourth-order valence-electron chi connectivity index (χ4n) is 1.88. The van der Waals surface area contributed by atoms with Crippen LogP contribution in [0.2, 0.25) is 5.02 Å². The van der Waals surface area contributed by atoms with Crippen molar-refractivity contribution in [2.75, 3.05) is 0 Å². The van der Waals surface area contributed by atoms with Gasteiger partial charge in [0.15, 0.2) is 10.4 Å². The maximum Gasteiger partial charge on any atom is 0.339 e. The summed E-state index contributed by atoms with van der Waals surface area (Å²) < 4.78 is 7.37. The van der Waals surface area contributed by atoms with Crippen LogP contribution in [-0.2, 0) is 0 Å². The van der Waals surface area contributed by atoms with Crippen molar-refractivity contribution in [2.45, 2.75) is 0 Å². The van der Waals surface area contributed by atoms with E-state index in [1.165, 1.54) is 10.9 Å². The number of carbonyl (C=O) groups is 1. The van der Waals surface area contributed by atoms with Gasteiger partial charge in [-0.15, -0.1) is 0 Å². The summed E-state index contributed by atoms with van der Waals surface area (Å²) in [6.45, 7) is 0. The van der Waals surface area contributed by atoms with Crippen LogP contribution < -0.4 is 0 Å². The van der Waals surface area contributed by atoms with Crippen LogP contribution in [0.15, 0.2) is 51.7 Å². The first-order valence-electron chi connectivity index (χ1n) is 5.89. The normalized spacial score (nSPS) is 10.8. The van der Waals surface area contributed by atoms with E-state index in [0.717, 1.165) is 0 Å². The molecule has 1 aromatic carbocycles. The smallest absolute Gasteiger partial charge is 0.339 e. The fourth-order valence-corrected chi connectivity index (χ4v) is 2.31. The number of halogens is 2. The van der Waals surface area contributed by atoms with Crippen LogP contribution in [0.1, 0.15) is 10.4 Å². The van der Waals surface area contributed by atoms with Crippen molar-refractivity contribution >= 4 is 33.5 Å². The lowest BCUT2D eigenvalue weighted by molar-refractivity contribution is 0.0697. The van der Waals surface area contributed by atoms with Crippen molar-refractivity contribution in [3.05, 3.63) is 57.9 Å². The van der Waals surface area contributed by atoms with E-state index in [0.29, 0.717) is 21.1 Å². The minimum absolute atomic E-state index is 0.0619. The Hall–Kier alpha value is -2.05. The second-order valence-electron chi connectivity index (χ2n) is 4.22. The van der Waals surface area contributed by atoms with Crippen molar-refractivity contribution in [3.63, 3.8) is 0 Å². The number of nitrogens with zero attached hydrogens (tertiary/aromatic N) is 2. The first kappa shape index (κ1) is 13.9. The van der Waals surface area contributed by atoms with E-state index in [1.54, 1.807) is 36.4 Å². The maximum atomic E-state index is 11.4. The zero-order valence-electron chi connectivity index (χ0n) is 10.5. The number of carboxylic acids is 1. The molecule has 106 valence electrons. The molecule has 0 fully saturated rings. The first-order valence-corrected chi connectivity index (χ1v) is 7.06. The van der Waals surface area contributed by atoms with Crippen LogP contribution in [0.25, 0.3) is 17.1 Å². The van der Waals surface area contributed by atoms with Crippen molar-refractivity contribution < 1.29 is 14.3 Å². The molecule has 0 radical (unpaired) electrons. The third kappa shape index (κ3) is 2.72. The van der Waals surface area contributed by atoms with Gasteiger partial charge in [-0.1, -0.05) is 11.6 Å². The van der Waals surface area contributed by atoms with E-state index in [9.17, 15) is 9.90 Å². The molecule has 5 nitrogen and oxygen atoms in total. The standard InChI is InChI=1S/C14H8BrClN2O3/c15-12-6-5-11(21-12)13-10(14(19)20)7-18(17-13)9-3-1-8(16)2-4-9/h1-7H,(H,19,20). The Morgan fingerprint density at radius 2 is 1.95 bits per heavy atom. The van der Waals surface area contributed by atoms with Crippen LogP contribution in [0.5, 0.6) is 0 Å². The number of benzene rings is 1. The molecule has 0 bridgehead atoms. The molecule has 0 unspecified atom stereocenters. The molecule has 0 aliphatic carbocycles. The Kier molecular flexibility index (Phi) is 3.57. The summed E-state index contributed by atoms with van der Waals surface area (Å²) in [5.41, 5.74) is 1.04. The van der Waals surface area contributed by atoms with Crippen molar-refractivity contribution in [1.29, 1.82) is 0 Å². The molecule has 3 aromatic rings. The summed E-state index contributed by atoms with van der Waals surface area (Å²) in [4.78, 5) is 11.4. The highest BCUT2D eigenvalue weighted by molar-refractivity contribution is 9.10. The quantitative estimate of drug-likeness (QED) is 0.751. The van der Waals surface area contributed by atoms with Crippen molar-refractivity contribution in [1.82, 2.24) is 9.78 Å². The van der Waals surface area contributed by atoms with E-state index in [-0.39, 0.29) is 11.3 Å². The van der Waals surface area contributed by atoms with E-state index in [4.69, 9.17) is 16.0 Å². The summed E-state index contributed by atoms with van der Waals surface area (Å²) in [6, 6.07) is 10.3. The third-order valence-electron chi connectivity index (χ3n) is 2.84. The van der Waals surface area contributed by atoms with E-state index >= 15 is 0 Å². The number of hydrogen-bond acceptors (Lipinski definition) is 3. The molecule has 0 saturated heterocycles. The average Bonchev–Trinajstić information content (AvgIpc) is 3.05.